The van der Waals surface area contributed by atoms with E-state index in [9.17, 15) is 0 Å². The van der Waals surface area contributed by atoms with Gasteiger partial charge in [-0.3, -0.25) is 9.98 Å². The van der Waals surface area contributed by atoms with Crippen LogP contribution in [0.4, 0.5) is 5.69 Å². The molecule has 0 bridgehead atoms. The molecule has 0 aliphatic carbocycles. The van der Waals surface area contributed by atoms with Crippen LogP contribution < -0.4 is 10.6 Å². The molecule has 1 spiro atoms. The van der Waals surface area contributed by atoms with Gasteiger partial charge in [0.1, 0.15) is 0 Å². The molecule has 2 fully saturated rings. The summed E-state index contributed by atoms with van der Waals surface area (Å²) in [5.41, 5.74) is 1.46. The van der Waals surface area contributed by atoms with Gasteiger partial charge in [-0.15, -0.1) is 0 Å². The Balaban J connectivity index is 1.43. The first-order chi connectivity index (χ1) is 10.8. The first kappa shape index (κ1) is 15.1. The minimum Gasteiger partial charge on any atom is -0.383 e. The molecule has 0 radical (unpaired) electrons. The van der Waals surface area contributed by atoms with E-state index in [4.69, 9.17) is 4.74 Å². The average Bonchev–Trinajstić information content (AvgIpc) is 3.19. The lowest BCUT2D eigenvalue weighted by Crippen LogP contribution is -2.43. The normalized spacial score (nSPS) is 25.0. The number of ether oxygens (including phenoxy) is 1. The summed E-state index contributed by atoms with van der Waals surface area (Å²) < 4.78 is 5.59. The number of rotatable bonds is 4. The number of hydrogen-bond donors (Lipinski definition) is 2. The second-order valence-corrected chi connectivity index (χ2v) is 6.11. The molecule has 22 heavy (non-hydrogen) atoms. The molecule has 2 aliphatic heterocycles. The number of nitrogens with zero attached hydrogens (tertiary/aromatic N) is 3. The van der Waals surface area contributed by atoms with Gasteiger partial charge in [0.25, 0.3) is 0 Å². The number of likely N-dealkylation sites (tertiary alicyclic amines) is 1. The van der Waals surface area contributed by atoms with Crippen molar-refractivity contribution in [2.75, 3.05) is 51.8 Å². The number of aromatic nitrogens is 1. The zero-order valence-electron chi connectivity index (χ0n) is 13.2. The van der Waals surface area contributed by atoms with Crippen LogP contribution in [0.3, 0.4) is 0 Å². The quantitative estimate of drug-likeness (QED) is 0.497. The second kappa shape index (κ2) is 6.96. The summed E-state index contributed by atoms with van der Waals surface area (Å²) >= 11 is 0. The maximum atomic E-state index is 5.59. The molecule has 0 amide bonds. The average molecular weight is 303 g/mol. The third-order valence-electron chi connectivity index (χ3n) is 4.55. The highest BCUT2D eigenvalue weighted by molar-refractivity contribution is 5.80. The van der Waals surface area contributed by atoms with Gasteiger partial charge < -0.3 is 20.3 Å². The van der Waals surface area contributed by atoms with Crippen LogP contribution in [-0.2, 0) is 4.74 Å². The molecule has 6 heteroatoms. The van der Waals surface area contributed by atoms with E-state index in [1.807, 2.05) is 19.2 Å². The first-order valence-corrected chi connectivity index (χ1v) is 7.99. The van der Waals surface area contributed by atoms with E-state index < -0.39 is 0 Å². The highest BCUT2D eigenvalue weighted by Crippen LogP contribution is 2.38. The van der Waals surface area contributed by atoms with Gasteiger partial charge in [0.05, 0.1) is 6.61 Å². The van der Waals surface area contributed by atoms with Crippen LogP contribution in [0.25, 0.3) is 0 Å². The van der Waals surface area contributed by atoms with Crippen molar-refractivity contribution in [1.29, 1.82) is 0 Å². The zero-order chi connectivity index (χ0) is 15.3. The molecular weight excluding hydrogens is 278 g/mol. The van der Waals surface area contributed by atoms with Gasteiger partial charge in [-0.05, 0) is 25.0 Å². The third-order valence-corrected chi connectivity index (χ3v) is 4.55. The highest BCUT2D eigenvalue weighted by Gasteiger charge is 2.42. The van der Waals surface area contributed by atoms with Crippen molar-refractivity contribution in [2.24, 2.45) is 10.4 Å². The lowest BCUT2D eigenvalue weighted by molar-refractivity contribution is 0.156. The molecule has 3 rings (SSSR count). The van der Waals surface area contributed by atoms with Gasteiger partial charge >= 0.3 is 0 Å². The Bertz CT molecular complexity index is 499. The molecule has 1 unspecified atom stereocenters. The minimum absolute atomic E-state index is 0.368. The van der Waals surface area contributed by atoms with E-state index in [0.29, 0.717) is 5.41 Å². The van der Waals surface area contributed by atoms with E-state index in [2.05, 4.69) is 25.5 Å². The Morgan fingerprint density at radius 2 is 2.23 bits per heavy atom. The van der Waals surface area contributed by atoms with Crippen LogP contribution in [0.1, 0.15) is 12.8 Å². The molecule has 1 aromatic rings. The number of aliphatic imine (C=N–C) groups is 1. The van der Waals surface area contributed by atoms with Crippen LogP contribution in [0.2, 0.25) is 0 Å². The van der Waals surface area contributed by atoms with Crippen molar-refractivity contribution in [3.8, 4) is 0 Å². The Morgan fingerprint density at radius 1 is 1.36 bits per heavy atom. The molecule has 3 heterocycles. The van der Waals surface area contributed by atoms with Gasteiger partial charge in [-0.25, -0.2) is 0 Å². The largest absolute Gasteiger partial charge is 0.383 e. The van der Waals surface area contributed by atoms with Crippen LogP contribution in [0, 0.1) is 5.41 Å². The zero-order valence-corrected chi connectivity index (χ0v) is 13.2. The predicted octanol–water partition coefficient (Wildman–Crippen LogP) is 1.18. The summed E-state index contributed by atoms with van der Waals surface area (Å²) in [6.45, 7) is 5.64. The van der Waals surface area contributed by atoms with Crippen molar-refractivity contribution >= 4 is 11.6 Å². The Hall–Kier alpha value is -1.82. The number of hydrogen-bond acceptors (Lipinski definition) is 4. The number of guanidine groups is 1. The van der Waals surface area contributed by atoms with Gasteiger partial charge in [0.2, 0.25) is 0 Å². The molecule has 120 valence electrons. The maximum Gasteiger partial charge on any atom is 0.193 e. The topological polar surface area (TPSA) is 61.8 Å². The van der Waals surface area contributed by atoms with E-state index in [1.54, 1.807) is 12.4 Å². The van der Waals surface area contributed by atoms with Gasteiger partial charge in [-0.2, -0.15) is 0 Å². The highest BCUT2D eigenvalue weighted by atomic mass is 16.5. The number of nitrogens with one attached hydrogen (secondary N) is 2. The Kier molecular flexibility index (Phi) is 4.77. The van der Waals surface area contributed by atoms with E-state index in [-0.39, 0.29) is 0 Å². The fraction of sp³-hybridized carbons (Fsp3) is 0.625. The molecule has 1 aromatic heterocycles. The standard InChI is InChI=1S/C16H25N5O/c1-17-15(20-9-8-19-14-2-6-18-7-3-14)21-10-4-16(12-21)5-11-22-13-16/h2-3,6-7H,4-5,8-13H2,1H3,(H,17,20)(H,18,19). The molecule has 2 saturated heterocycles. The van der Waals surface area contributed by atoms with Gasteiger partial charge in [0, 0.05) is 63.3 Å². The molecule has 2 N–H and O–H groups in total. The minimum atomic E-state index is 0.368. The molecule has 0 aromatic carbocycles. The van der Waals surface area contributed by atoms with Crippen LogP contribution >= 0.6 is 0 Å². The number of anilines is 1. The summed E-state index contributed by atoms with van der Waals surface area (Å²) in [4.78, 5) is 10.8. The van der Waals surface area contributed by atoms with E-state index >= 15 is 0 Å². The first-order valence-electron chi connectivity index (χ1n) is 7.99. The molecule has 6 nitrogen and oxygen atoms in total. The van der Waals surface area contributed by atoms with Crippen LogP contribution in [0.15, 0.2) is 29.5 Å². The summed E-state index contributed by atoms with van der Waals surface area (Å²) in [7, 11) is 1.86. The smallest absolute Gasteiger partial charge is 0.193 e. The lowest BCUT2D eigenvalue weighted by atomic mass is 9.87. The van der Waals surface area contributed by atoms with Gasteiger partial charge in [0.15, 0.2) is 5.96 Å². The van der Waals surface area contributed by atoms with Crippen LogP contribution in [0.5, 0.6) is 0 Å². The predicted molar refractivity (Wildman–Crippen MR) is 88.1 cm³/mol. The fourth-order valence-electron chi connectivity index (χ4n) is 3.27. The van der Waals surface area contributed by atoms with Crippen molar-refractivity contribution < 1.29 is 4.74 Å². The van der Waals surface area contributed by atoms with Crippen molar-refractivity contribution in [3.05, 3.63) is 24.5 Å². The molecular formula is C16H25N5O. The number of pyridine rings is 1. The molecule has 0 saturated carbocycles. The monoisotopic (exact) mass is 303 g/mol. The Morgan fingerprint density at radius 3 is 2.95 bits per heavy atom. The van der Waals surface area contributed by atoms with Crippen molar-refractivity contribution in [1.82, 2.24) is 15.2 Å². The van der Waals surface area contributed by atoms with Crippen LogP contribution in [-0.4, -0.2) is 62.3 Å². The SMILES string of the molecule is CN=C(NCCNc1ccncc1)N1CCC2(CCOC2)C1. The third kappa shape index (κ3) is 3.50. The fourth-order valence-corrected chi connectivity index (χ4v) is 3.27. The van der Waals surface area contributed by atoms with E-state index in [0.717, 1.165) is 51.0 Å². The summed E-state index contributed by atoms with van der Waals surface area (Å²) in [5, 5.41) is 6.81. The molecule has 1 atom stereocenters. The summed E-state index contributed by atoms with van der Waals surface area (Å²) in [6.07, 6.45) is 5.98. The van der Waals surface area contributed by atoms with Crippen molar-refractivity contribution in [3.63, 3.8) is 0 Å². The second-order valence-electron chi connectivity index (χ2n) is 6.11. The van der Waals surface area contributed by atoms with E-state index in [1.165, 1.54) is 12.8 Å². The molecule has 2 aliphatic rings. The van der Waals surface area contributed by atoms with Gasteiger partial charge in [-0.1, -0.05) is 0 Å². The summed E-state index contributed by atoms with van der Waals surface area (Å²) in [5.74, 6) is 1.00. The van der Waals surface area contributed by atoms with Crippen molar-refractivity contribution in [2.45, 2.75) is 12.8 Å². The summed E-state index contributed by atoms with van der Waals surface area (Å²) in [6, 6.07) is 3.94. The lowest BCUT2D eigenvalue weighted by Gasteiger charge is -2.25. The Labute approximate surface area is 132 Å². The maximum absolute atomic E-state index is 5.59.